The number of benzene rings is 2. The van der Waals surface area contributed by atoms with Crippen molar-refractivity contribution in [3.63, 3.8) is 0 Å². The molecule has 0 saturated carbocycles. The van der Waals surface area contributed by atoms with Crippen molar-refractivity contribution in [2.45, 2.75) is 37.8 Å². The van der Waals surface area contributed by atoms with Gasteiger partial charge in [0.1, 0.15) is 0 Å². The van der Waals surface area contributed by atoms with E-state index in [0.29, 0.717) is 23.7 Å². The van der Waals surface area contributed by atoms with E-state index in [1.807, 2.05) is 54.9 Å². The van der Waals surface area contributed by atoms with Crippen LogP contribution in [0.15, 0.2) is 41.3 Å². The average molecular weight is 492 g/mol. The number of fused-ring (bicyclic) bond motifs is 1. The van der Waals surface area contributed by atoms with Gasteiger partial charge in [0.15, 0.2) is 9.84 Å². The maximum absolute atomic E-state index is 12.9. The van der Waals surface area contributed by atoms with Crippen LogP contribution in [0.5, 0.6) is 0 Å². The lowest BCUT2D eigenvalue weighted by molar-refractivity contribution is -0.127. The molecule has 1 aromatic heterocycles. The summed E-state index contributed by atoms with van der Waals surface area (Å²) in [6, 6.07) is 11.6. The van der Waals surface area contributed by atoms with Gasteiger partial charge in [-0.2, -0.15) is 5.10 Å². The summed E-state index contributed by atoms with van der Waals surface area (Å²) in [5.41, 5.74) is 2.74. The van der Waals surface area contributed by atoms with Crippen LogP contribution < -0.4 is 0 Å². The molecule has 1 aliphatic rings. The Hall–Kier alpha value is -2.03. The first-order chi connectivity index (χ1) is 15.2. The monoisotopic (exact) mass is 491 g/mol. The van der Waals surface area contributed by atoms with E-state index in [1.165, 1.54) is 11.8 Å². The summed E-state index contributed by atoms with van der Waals surface area (Å²) >= 11 is 7.88. The van der Waals surface area contributed by atoms with Crippen LogP contribution in [0.2, 0.25) is 5.02 Å². The van der Waals surface area contributed by atoms with Gasteiger partial charge in [0.2, 0.25) is 5.91 Å². The molecule has 0 unspecified atom stereocenters. The third-order valence-corrected chi connectivity index (χ3v) is 9.12. The van der Waals surface area contributed by atoms with Gasteiger partial charge >= 0.3 is 0 Å². The molecule has 0 spiro atoms. The number of aromatic nitrogens is 2. The van der Waals surface area contributed by atoms with Gasteiger partial charge in [-0.15, -0.1) is 11.8 Å². The molecule has 1 atom stereocenters. The number of rotatable bonds is 6. The number of halogens is 1. The average Bonchev–Trinajstić information content (AvgIpc) is 3.25. The van der Waals surface area contributed by atoms with E-state index in [0.717, 1.165) is 32.6 Å². The van der Waals surface area contributed by atoms with Crippen molar-refractivity contribution in [3.05, 3.63) is 58.4 Å². The van der Waals surface area contributed by atoms with E-state index in [-0.39, 0.29) is 23.5 Å². The van der Waals surface area contributed by atoms with Gasteiger partial charge in [0.05, 0.1) is 29.0 Å². The van der Waals surface area contributed by atoms with Crippen LogP contribution in [0.1, 0.15) is 29.4 Å². The fourth-order valence-electron chi connectivity index (χ4n) is 4.21. The lowest BCUT2D eigenvalue weighted by Gasteiger charge is -2.18. The second-order valence-electron chi connectivity index (χ2n) is 8.28. The first-order valence-corrected chi connectivity index (χ1v) is 13.6. The van der Waals surface area contributed by atoms with Gasteiger partial charge in [-0.05, 0) is 37.8 Å². The van der Waals surface area contributed by atoms with Crippen molar-refractivity contribution >= 4 is 49.9 Å². The molecule has 1 aliphatic heterocycles. The van der Waals surface area contributed by atoms with Crippen LogP contribution in [-0.2, 0) is 21.2 Å². The molecular weight excluding hydrogens is 466 g/mol. The molecule has 9 heteroatoms. The number of thioether (sulfide) groups is 1. The molecule has 4 rings (SSSR count). The van der Waals surface area contributed by atoms with Gasteiger partial charge in [-0.25, -0.2) is 8.42 Å². The molecule has 2 heterocycles. The smallest absolute Gasteiger partial charge is 0.232 e. The molecule has 170 valence electrons. The van der Waals surface area contributed by atoms with Crippen molar-refractivity contribution in [1.29, 1.82) is 0 Å². The number of carbonyl (C=O) groups excluding carboxylic acids is 1. The number of aryl methyl sites for hydroxylation is 1. The second kappa shape index (κ2) is 9.08. The molecule has 0 N–H and O–H groups in total. The van der Waals surface area contributed by atoms with Gasteiger partial charge in [0, 0.05) is 40.2 Å². The highest BCUT2D eigenvalue weighted by molar-refractivity contribution is 8.00. The Labute approximate surface area is 197 Å². The summed E-state index contributed by atoms with van der Waals surface area (Å²) in [7, 11) is -1.20. The van der Waals surface area contributed by atoms with E-state index in [4.69, 9.17) is 11.6 Å². The fraction of sp³-hybridized carbons (Fsp3) is 0.391. The Bertz CT molecular complexity index is 1280. The normalized spacial score (nSPS) is 17.7. The maximum Gasteiger partial charge on any atom is 0.232 e. The van der Waals surface area contributed by atoms with Crippen LogP contribution in [0, 0.1) is 13.8 Å². The highest BCUT2D eigenvalue weighted by Crippen LogP contribution is 2.33. The van der Waals surface area contributed by atoms with Gasteiger partial charge < -0.3 is 4.90 Å². The molecular formula is C23H26ClN3O3S2. The minimum absolute atomic E-state index is 0.00838. The van der Waals surface area contributed by atoms with E-state index >= 15 is 0 Å². The first-order valence-electron chi connectivity index (χ1n) is 10.5. The van der Waals surface area contributed by atoms with E-state index in [9.17, 15) is 13.2 Å². The zero-order valence-electron chi connectivity index (χ0n) is 18.3. The van der Waals surface area contributed by atoms with Gasteiger partial charge in [-0.1, -0.05) is 35.9 Å². The Morgan fingerprint density at radius 2 is 1.97 bits per heavy atom. The quantitative estimate of drug-likeness (QED) is 0.477. The molecule has 1 fully saturated rings. The number of sulfone groups is 1. The summed E-state index contributed by atoms with van der Waals surface area (Å²) in [4.78, 5) is 15.6. The minimum atomic E-state index is -2.99. The van der Waals surface area contributed by atoms with Crippen LogP contribution in [0.4, 0.5) is 0 Å². The predicted octanol–water partition coefficient (Wildman–Crippen LogP) is 4.42. The van der Waals surface area contributed by atoms with Crippen molar-refractivity contribution in [1.82, 2.24) is 14.7 Å². The van der Waals surface area contributed by atoms with Crippen LogP contribution >= 0.6 is 23.4 Å². The Morgan fingerprint density at radius 1 is 1.25 bits per heavy atom. The first kappa shape index (κ1) is 23.1. The molecule has 1 saturated heterocycles. The molecule has 3 aromatic rings. The third-order valence-electron chi connectivity index (χ3n) is 6.02. The summed E-state index contributed by atoms with van der Waals surface area (Å²) in [6.45, 7) is 4.30. The largest absolute Gasteiger partial charge is 0.341 e. The Kier molecular flexibility index (Phi) is 6.56. The predicted molar refractivity (Wildman–Crippen MR) is 130 cm³/mol. The molecule has 0 radical (unpaired) electrons. The van der Waals surface area contributed by atoms with Crippen molar-refractivity contribution in [2.75, 3.05) is 24.3 Å². The molecule has 6 nitrogen and oxygen atoms in total. The highest BCUT2D eigenvalue weighted by Gasteiger charge is 2.31. The van der Waals surface area contributed by atoms with Gasteiger partial charge in [0.25, 0.3) is 0 Å². The van der Waals surface area contributed by atoms with Crippen LogP contribution in [0.3, 0.4) is 0 Å². The van der Waals surface area contributed by atoms with Crippen molar-refractivity contribution in [2.24, 2.45) is 0 Å². The Balaban J connectivity index is 1.45. The zero-order chi connectivity index (χ0) is 23.0. The topological polar surface area (TPSA) is 72.3 Å². The maximum atomic E-state index is 12.9. The van der Waals surface area contributed by atoms with Gasteiger partial charge in [-0.3, -0.25) is 9.48 Å². The number of carbonyl (C=O) groups is 1. The summed E-state index contributed by atoms with van der Waals surface area (Å²) < 4.78 is 25.6. The number of hydrogen-bond donors (Lipinski definition) is 0. The van der Waals surface area contributed by atoms with Crippen molar-refractivity contribution in [3.8, 4) is 0 Å². The number of nitrogens with zero attached hydrogens (tertiary/aromatic N) is 3. The summed E-state index contributed by atoms with van der Waals surface area (Å²) in [5.74, 6) is 0.648. The minimum Gasteiger partial charge on any atom is -0.341 e. The third kappa shape index (κ3) is 4.67. The Morgan fingerprint density at radius 3 is 2.66 bits per heavy atom. The van der Waals surface area contributed by atoms with Crippen molar-refractivity contribution < 1.29 is 13.2 Å². The lowest BCUT2D eigenvalue weighted by atomic mass is 10.1. The molecule has 2 aromatic carbocycles. The standard InChI is InChI=1S/C23H26ClN3O3S2/c1-15-19(16(2)27(25-15)18-10-11-32(29,30)14-18)12-26(3)22(28)13-31-21-9-5-7-17-6-4-8-20(24)23(17)21/h4-9,18H,10-14H2,1-3H3/t18-/m1/s1. The van der Waals surface area contributed by atoms with Crippen LogP contribution in [-0.4, -0.2) is 53.3 Å². The SMILES string of the molecule is Cc1nn([C@@H]2CCS(=O)(=O)C2)c(C)c1CN(C)C(=O)CSc1cccc2cccc(Cl)c12. The van der Waals surface area contributed by atoms with Crippen LogP contribution in [0.25, 0.3) is 10.8 Å². The number of amides is 1. The second-order valence-corrected chi connectivity index (χ2v) is 11.9. The highest BCUT2D eigenvalue weighted by atomic mass is 35.5. The van der Waals surface area contributed by atoms with E-state index in [1.54, 1.807) is 11.9 Å². The lowest BCUT2D eigenvalue weighted by Crippen LogP contribution is -2.28. The van der Waals surface area contributed by atoms with E-state index in [2.05, 4.69) is 5.10 Å². The number of hydrogen-bond acceptors (Lipinski definition) is 5. The molecule has 1 amide bonds. The molecule has 32 heavy (non-hydrogen) atoms. The fourth-order valence-corrected chi connectivity index (χ4v) is 7.29. The molecule has 0 bridgehead atoms. The van der Waals surface area contributed by atoms with E-state index < -0.39 is 9.84 Å². The molecule has 0 aliphatic carbocycles. The summed E-state index contributed by atoms with van der Waals surface area (Å²) in [6.07, 6.45) is 0.586. The zero-order valence-corrected chi connectivity index (χ0v) is 20.7. The summed E-state index contributed by atoms with van der Waals surface area (Å²) in [5, 5.41) is 7.30.